The van der Waals surface area contributed by atoms with E-state index >= 15 is 0 Å². The topological polar surface area (TPSA) is 204 Å². The summed E-state index contributed by atoms with van der Waals surface area (Å²) in [4.78, 5) is 26.3. The van der Waals surface area contributed by atoms with Gasteiger partial charge in [-0.3, -0.25) is 4.79 Å². The molecule has 0 spiro atoms. The first-order chi connectivity index (χ1) is 31.1. The number of hydrogen-bond donors (Lipinski definition) is 6. The van der Waals surface area contributed by atoms with Gasteiger partial charge in [0.25, 0.3) is 0 Å². The molecule has 1 aromatic rings. The van der Waals surface area contributed by atoms with E-state index in [1.165, 1.54) is 6.92 Å². The molecule has 4 saturated carbocycles. The lowest BCUT2D eigenvalue weighted by Crippen LogP contribution is -2.62. The molecule has 2 saturated heterocycles. The zero-order valence-electron chi connectivity index (χ0n) is 39.9. The first-order valence-electron chi connectivity index (χ1n) is 24.7. The van der Waals surface area contributed by atoms with Crippen molar-refractivity contribution >= 4 is 17.6 Å². The van der Waals surface area contributed by atoms with E-state index in [-0.39, 0.29) is 47.7 Å². The number of carbonyl (C=O) groups excluding carboxylic acids is 2. The summed E-state index contributed by atoms with van der Waals surface area (Å²) in [5.41, 5.74) is 1.19. The molecule has 6 aliphatic rings. The summed E-state index contributed by atoms with van der Waals surface area (Å²) in [5, 5.41) is 50.5. The van der Waals surface area contributed by atoms with Gasteiger partial charge in [0.2, 0.25) is 0 Å². The van der Waals surface area contributed by atoms with Crippen LogP contribution in [0.15, 0.2) is 24.3 Å². The molecule has 0 bridgehead atoms. The highest BCUT2D eigenvalue weighted by Crippen LogP contribution is 2.69. The van der Waals surface area contributed by atoms with Crippen LogP contribution in [-0.2, 0) is 38.0 Å². The number of aliphatic hydroxyl groups excluding tert-OH is 4. The zero-order valence-corrected chi connectivity index (χ0v) is 39.9. The lowest BCUT2D eigenvalue weighted by Gasteiger charge is -2.61. The van der Waals surface area contributed by atoms with Crippen molar-refractivity contribution in [2.75, 3.05) is 52.4 Å². The van der Waals surface area contributed by atoms with Gasteiger partial charge in [0.1, 0.15) is 24.4 Å². The van der Waals surface area contributed by atoms with Gasteiger partial charge in [-0.05, 0) is 141 Å². The Morgan fingerprint density at radius 1 is 0.831 bits per heavy atom. The average Bonchev–Trinajstić information content (AvgIpc) is 3.58. The smallest absolute Gasteiger partial charge is 0.338 e. The van der Waals surface area contributed by atoms with E-state index in [1.807, 2.05) is 0 Å². The van der Waals surface area contributed by atoms with E-state index in [0.29, 0.717) is 42.1 Å². The number of benzene rings is 1. The van der Waals surface area contributed by atoms with Gasteiger partial charge in [0.15, 0.2) is 24.8 Å². The Labute approximate surface area is 386 Å². The number of hydrogen-bond acceptors (Lipinski definition) is 15. The maximum atomic E-state index is 13.4. The van der Waals surface area contributed by atoms with E-state index in [1.54, 1.807) is 38.4 Å². The first kappa shape index (κ1) is 50.4. The van der Waals surface area contributed by atoms with Crippen LogP contribution < -0.4 is 10.6 Å². The molecular formula is C50H80N2O13. The molecule has 15 heteroatoms. The highest BCUT2D eigenvalue weighted by atomic mass is 16.7. The summed E-state index contributed by atoms with van der Waals surface area (Å²) in [7, 11) is 3.48. The van der Waals surface area contributed by atoms with Crippen LogP contribution in [0.3, 0.4) is 0 Å². The third kappa shape index (κ3) is 11.1. The number of nitrogens with one attached hydrogen (secondary N) is 2. The number of aliphatic hydroxyl groups is 4. The van der Waals surface area contributed by atoms with Crippen molar-refractivity contribution in [3.8, 4) is 0 Å². The second-order valence-corrected chi connectivity index (χ2v) is 21.2. The average molecular weight is 917 g/mol. The Morgan fingerprint density at radius 2 is 1.54 bits per heavy atom. The van der Waals surface area contributed by atoms with Gasteiger partial charge in [0, 0.05) is 33.3 Å². The predicted octanol–water partition coefficient (Wildman–Crippen LogP) is 5.06. The fraction of sp³-hybridized carbons (Fsp3) is 0.840. The quantitative estimate of drug-likeness (QED) is 0.0842. The van der Waals surface area contributed by atoms with Crippen molar-refractivity contribution in [3.05, 3.63) is 29.8 Å². The van der Waals surface area contributed by atoms with E-state index in [2.05, 4.69) is 38.3 Å². The molecule has 6 N–H and O–H groups in total. The molecule has 1 aromatic carbocycles. The molecule has 15 nitrogen and oxygen atoms in total. The van der Waals surface area contributed by atoms with E-state index in [9.17, 15) is 30.0 Å². The van der Waals surface area contributed by atoms with Gasteiger partial charge >= 0.3 is 11.9 Å². The van der Waals surface area contributed by atoms with E-state index < -0.39 is 61.1 Å². The van der Waals surface area contributed by atoms with Gasteiger partial charge < -0.3 is 64.2 Å². The minimum Gasteiger partial charge on any atom is -0.454 e. The summed E-state index contributed by atoms with van der Waals surface area (Å²) >= 11 is 0. The van der Waals surface area contributed by atoms with Gasteiger partial charge in [-0.15, -0.1) is 0 Å². The Kier molecular flexibility index (Phi) is 17.0. The number of anilines is 1. The number of carbonyl (C=O) groups is 2. The maximum absolute atomic E-state index is 13.4. The number of fused-ring (bicyclic) bond motifs is 5. The summed E-state index contributed by atoms with van der Waals surface area (Å²) in [6, 6.07) is 6.55. The standard InChI is InChI=1S/C50H80N2O13/c1-28(25-52-21-22-59-7)9-8-10-29(2)41-40(24-37-35-16-13-32-23-34(54)17-19-49(32,4)36(35)18-20-50(37,41)5)63-48-45(62-30(3)53)43(39(56)27-61-48)65-47-44(42(57)38(55)26-60-47)64-46(58)31-11-14-33(51-6)15-12-31/h11-12,14-15,28-29,32,34-45,47-48,51-52,54-57H,8-10,13,16-27H2,1-7H3/t28-,29-,32+,34+,35?,36?,37?,38-,39+,40+,41+,42+,43+,44-,45-,47+,48+,49+,50+/m1/s1. The van der Waals surface area contributed by atoms with Gasteiger partial charge in [-0.25, -0.2) is 4.79 Å². The predicted molar refractivity (Wildman–Crippen MR) is 242 cm³/mol. The SMILES string of the molecule is CNc1ccc(C(=O)O[C@H]2[C@H](O[C@@H]3[C@@H](OC(C)=O)[C@H](O[C@H]4CC5C6CC[C@H]7C[C@@H](O)CC[C@]7(C)C6CC[C@]5(C)[C@H]4[C@H](C)CCC[C@@H](C)CNCCOC)OC[C@@H]3O)OC[C@@H](O)[C@@H]2O)cc1. The van der Waals surface area contributed by atoms with E-state index in [4.69, 9.17) is 33.2 Å². The summed E-state index contributed by atoms with van der Waals surface area (Å²) in [6.45, 7) is 12.9. The molecular weight excluding hydrogens is 837 g/mol. The van der Waals surface area contributed by atoms with Crippen LogP contribution in [0, 0.1) is 52.3 Å². The lowest BCUT2D eigenvalue weighted by atomic mass is 9.44. The highest BCUT2D eigenvalue weighted by molar-refractivity contribution is 5.90. The van der Waals surface area contributed by atoms with Crippen molar-refractivity contribution in [1.29, 1.82) is 0 Å². The number of methoxy groups -OCH3 is 1. The van der Waals surface area contributed by atoms with Crippen LogP contribution in [0.25, 0.3) is 0 Å². The van der Waals surface area contributed by atoms with Crippen LogP contribution in [0.2, 0.25) is 0 Å². The Balaban J connectivity index is 1.12. The second-order valence-electron chi connectivity index (χ2n) is 21.2. The normalized spacial score (nSPS) is 41.3. The summed E-state index contributed by atoms with van der Waals surface area (Å²) in [5.74, 6) is 1.69. The molecule has 0 amide bonds. The Bertz CT molecular complexity index is 1700. The van der Waals surface area contributed by atoms with Crippen LogP contribution in [0.1, 0.15) is 116 Å². The molecule has 2 aliphatic heterocycles. The summed E-state index contributed by atoms with van der Waals surface area (Å²) < 4.78 is 42.7. The Morgan fingerprint density at radius 3 is 2.25 bits per heavy atom. The van der Waals surface area contributed by atoms with Gasteiger partial charge in [0.05, 0.1) is 37.6 Å². The Hall–Kier alpha value is -2.44. The largest absolute Gasteiger partial charge is 0.454 e. The van der Waals surface area contributed by atoms with Crippen molar-refractivity contribution in [2.45, 2.75) is 167 Å². The minimum absolute atomic E-state index is 0.00561. The molecule has 0 aromatic heterocycles. The molecule has 7 rings (SSSR count). The van der Waals surface area contributed by atoms with Crippen LogP contribution in [-0.4, -0.2) is 141 Å². The highest BCUT2D eigenvalue weighted by Gasteiger charge is 2.64. The maximum Gasteiger partial charge on any atom is 0.338 e. The van der Waals surface area contributed by atoms with Crippen molar-refractivity contribution in [3.63, 3.8) is 0 Å². The lowest BCUT2D eigenvalue weighted by molar-refractivity contribution is -0.340. The molecule has 0 radical (unpaired) electrons. The number of ether oxygens (including phenoxy) is 7. The molecule has 4 aliphatic carbocycles. The van der Waals surface area contributed by atoms with E-state index in [0.717, 1.165) is 89.4 Å². The fourth-order valence-corrected chi connectivity index (χ4v) is 13.7. The molecule has 65 heavy (non-hydrogen) atoms. The first-order valence-corrected chi connectivity index (χ1v) is 24.7. The number of rotatable bonds is 18. The fourth-order valence-electron chi connectivity index (χ4n) is 13.7. The minimum atomic E-state index is -1.58. The van der Waals surface area contributed by atoms with Crippen molar-refractivity contribution in [2.24, 2.45) is 52.3 Å². The molecule has 3 unspecified atom stereocenters. The van der Waals surface area contributed by atoms with Crippen LogP contribution in [0.5, 0.6) is 0 Å². The molecule has 2 heterocycles. The molecule has 368 valence electrons. The van der Waals surface area contributed by atoms with Crippen molar-refractivity contribution in [1.82, 2.24) is 5.32 Å². The zero-order chi connectivity index (χ0) is 46.6. The van der Waals surface area contributed by atoms with Crippen LogP contribution in [0.4, 0.5) is 5.69 Å². The van der Waals surface area contributed by atoms with Gasteiger partial charge in [-0.1, -0.05) is 40.5 Å². The second kappa shape index (κ2) is 21.9. The number of esters is 2. The molecule has 6 fully saturated rings. The summed E-state index contributed by atoms with van der Waals surface area (Å²) in [6.07, 6.45) is 0.148. The molecule has 19 atom stereocenters. The van der Waals surface area contributed by atoms with Crippen LogP contribution >= 0.6 is 0 Å². The third-order valence-electron chi connectivity index (χ3n) is 17.1. The van der Waals surface area contributed by atoms with Crippen molar-refractivity contribution < 1.29 is 63.2 Å². The third-order valence-corrected chi connectivity index (χ3v) is 17.1. The monoisotopic (exact) mass is 917 g/mol. The van der Waals surface area contributed by atoms with Gasteiger partial charge in [-0.2, -0.15) is 0 Å².